The fourth-order valence-corrected chi connectivity index (χ4v) is 3.73. The van der Waals surface area contributed by atoms with Gasteiger partial charge in [0.2, 0.25) is 10.0 Å². The van der Waals surface area contributed by atoms with Gasteiger partial charge >= 0.3 is 0 Å². The highest BCUT2D eigenvalue weighted by molar-refractivity contribution is 7.88. The molecule has 0 radical (unpaired) electrons. The first kappa shape index (κ1) is 10.4. The Morgan fingerprint density at radius 3 is 2.00 bits per heavy atom. The molecule has 14 heavy (non-hydrogen) atoms. The minimum atomic E-state index is -3.00. The maximum atomic E-state index is 11.6. The van der Waals surface area contributed by atoms with Gasteiger partial charge in [-0.3, -0.25) is 0 Å². The van der Waals surface area contributed by atoms with E-state index in [1.165, 1.54) is 6.26 Å². The van der Waals surface area contributed by atoms with Crippen molar-refractivity contribution in [1.29, 1.82) is 0 Å². The van der Waals surface area contributed by atoms with Gasteiger partial charge in [0.1, 0.15) is 0 Å². The van der Waals surface area contributed by atoms with E-state index in [1.54, 1.807) is 4.31 Å². The van der Waals surface area contributed by atoms with Gasteiger partial charge in [-0.05, 0) is 38.8 Å². The summed E-state index contributed by atoms with van der Waals surface area (Å²) >= 11 is 0. The molecule has 82 valence electrons. The summed E-state index contributed by atoms with van der Waals surface area (Å²) < 4.78 is 25.0. The van der Waals surface area contributed by atoms with Crippen LogP contribution in [0.4, 0.5) is 0 Å². The van der Waals surface area contributed by atoms with Crippen molar-refractivity contribution in [1.82, 2.24) is 9.62 Å². The highest BCUT2D eigenvalue weighted by Gasteiger charge is 2.39. The second-order valence-electron chi connectivity index (χ2n) is 4.31. The van der Waals surface area contributed by atoms with Crippen molar-refractivity contribution >= 4 is 10.0 Å². The minimum Gasteiger partial charge on any atom is -0.317 e. The molecule has 2 fully saturated rings. The van der Waals surface area contributed by atoms with Gasteiger partial charge in [0.15, 0.2) is 0 Å². The van der Waals surface area contributed by atoms with Crippen molar-refractivity contribution in [3.05, 3.63) is 0 Å². The van der Waals surface area contributed by atoms with Gasteiger partial charge in [-0.1, -0.05) is 0 Å². The molecule has 0 aromatic heterocycles. The molecule has 0 bridgehead atoms. The highest BCUT2D eigenvalue weighted by atomic mass is 32.2. The van der Waals surface area contributed by atoms with E-state index in [2.05, 4.69) is 5.32 Å². The average Bonchev–Trinajstić information content (AvgIpc) is 2.88. The molecule has 0 atom stereocenters. The average molecular weight is 218 g/mol. The first-order valence-electron chi connectivity index (χ1n) is 5.28. The second kappa shape index (κ2) is 3.79. The summed E-state index contributed by atoms with van der Waals surface area (Å²) in [5.74, 6) is 0. The first-order chi connectivity index (χ1) is 6.59. The van der Waals surface area contributed by atoms with E-state index in [0.717, 1.165) is 38.8 Å². The summed E-state index contributed by atoms with van der Waals surface area (Å²) in [7, 11) is -3.00. The minimum absolute atomic E-state index is 0.249. The molecule has 4 nitrogen and oxygen atoms in total. The molecule has 2 rings (SSSR count). The van der Waals surface area contributed by atoms with Gasteiger partial charge < -0.3 is 5.32 Å². The van der Waals surface area contributed by atoms with Crippen LogP contribution in [0.5, 0.6) is 0 Å². The first-order valence-corrected chi connectivity index (χ1v) is 7.13. The summed E-state index contributed by atoms with van der Waals surface area (Å²) in [5, 5.41) is 3.26. The molecular weight excluding hydrogens is 200 g/mol. The number of nitrogens with one attached hydrogen (secondary N) is 1. The van der Waals surface area contributed by atoms with Crippen LogP contribution >= 0.6 is 0 Å². The molecule has 1 N–H and O–H groups in total. The van der Waals surface area contributed by atoms with Gasteiger partial charge in [-0.2, -0.15) is 4.31 Å². The van der Waals surface area contributed by atoms with Crippen LogP contribution in [-0.4, -0.2) is 44.2 Å². The number of nitrogens with zero attached hydrogens (tertiary/aromatic N) is 1. The SMILES string of the molecule is CS(=O)(=O)N(C1CCNCC1)C1CC1. The van der Waals surface area contributed by atoms with E-state index in [-0.39, 0.29) is 6.04 Å². The summed E-state index contributed by atoms with van der Waals surface area (Å²) in [6, 6.07) is 0.562. The lowest BCUT2D eigenvalue weighted by atomic mass is 10.1. The lowest BCUT2D eigenvalue weighted by molar-refractivity contribution is 0.257. The third-order valence-electron chi connectivity index (χ3n) is 2.96. The number of hydrogen-bond donors (Lipinski definition) is 1. The maximum Gasteiger partial charge on any atom is 0.211 e. The molecule has 0 unspecified atom stereocenters. The Bertz CT molecular complexity index is 292. The monoisotopic (exact) mass is 218 g/mol. The fourth-order valence-electron chi connectivity index (χ4n) is 2.23. The zero-order valence-corrected chi connectivity index (χ0v) is 9.39. The van der Waals surface area contributed by atoms with Gasteiger partial charge in [0.05, 0.1) is 6.26 Å². The summed E-state index contributed by atoms with van der Waals surface area (Å²) in [5.41, 5.74) is 0. The number of sulfonamides is 1. The predicted molar refractivity (Wildman–Crippen MR) is 55.6 cm³/mol. The molecule has 0 aromatic carbocycles. The Balaban J connectivity index is 2.09. The normalized spacial score (nSPS) is 25.6. The molecule has 1 saturated carbocycles. The van der Waals surface area contributed by atoms with Crippen LogP contribution in [0, 0.1) is 0 Å². The van der Waals surface area contributed by atoms with Crippen LogP contribution in [-0.2, 0) is 10.0 Å². The summed E-state index contributed by atoms with van der Waals surface area (Å²) in [6.07, 6.45) is 5.37. The van der Waals surface area contributed by atoms with E-state index in [0.29, 0.717) is 6.04 Å². The standard InChI is InChI=1S/C9H18N2O2S/c1-14(12,13)11(8-2-3-8)9-4-6-10-7-5-9/h8-10H,2-7H2,1H3. The van der Waals surface area contributed by atoms with E-state index < -0.39 is 10.0 Å². The summed E-state index contributed by atoms with van der Waals surface area (Å²) in [6.45, 7) is 1.90. The molecule has 0 aromatic rings. The molecule has 0 spiro atoms. The number of rotatable bonds is 3. The van der Waals surface area contributed by atoms with Crippen LogP contribution in [0.3, 0.4) is 0 Å². The smallest absolute Gasteiger partial charge is 0.211 e. The van der Waals surface area contributed by atoms with E-state index in [1.807, 2.05) is 0 Å². The van der Waals surface area contributed by atoms with Gasteiger partial charge in [0.25, 0.3) is 0 Å². The van der Waals surface area contributed by atoms with Gasteiger partial charge in [-0.25, -0.2) is 8.42 Å². The molecule has 1 heterocycles. The Labute approximate surface area is 85.7 Å². The number of hydrogen-bond acceptors (Lipinski definition) is 3. The lowest BCUT2D eigenvalue weighted by Crippen LogP contribution is -2.46. The van der Waals surface area contributed by atoms with Crippen molar-refractivity contribution in [2.24, 2.45) is 0 Å². The van der Waals surface area contributed by atoms with E-state index in [4.69, 9.17) is 0 Å². The van der Waals surface area contributed by atoms with Crippen LogP contribution in [0.2, 0.25) is 0 Å². The molecule has 0 amide bonds. The molecule has 1 saturated heterocycles. The van der Waals surface area contributed by atoms with Gasteiger partial charge in [0, 0.05) is 12.1 Å². The van der Waals surface area contributed by atoms with Crippen molar-refractivity contribution in [2.45, 2.75) is 37.8 Å². The highest BCUT2D eigenvalue weighted by Crippen LogP contribution is 2.32. The molecule has 5 heteroatoms. The van der Waals surface area contributed by atoms with Gasteiger partial charge in [-0.15, -0.1) is 0 Å². The van der Waals surface area contributed by atoms with E-state index >= 15 is 0 Å². The molecule has 1 aliphatic carbocycles. The lowest BCUT2D eigenvalue weighted by Gasteiger charge is -2.32. The maximum absolute atomic E-state index is 11.6. The zero-order valence-electron chi connectivity index (χ0n) is 8.57. The molecular formula is C9H18N2O2S. The fraction of sp³-hybridized carbons (Fsp3) is 1.00. The van der Waals surface area contributed by atoms with Crippen molar-refractivity contribution in [3.63, 3.8) is 0 Å². The Kier molecular flexibility index (Phi) is 2.81. The van der Waals surface area contributed by atoms with Crippen LogP contribution in [0.15, 0.2) is 0 Å². The third kappa shape index (κ3) is 2.27. The molecule has 2 aliphatic rings. The largest absolute Gasteiger partial charge is 0.317 e. The summed E-state index contributed by atoms with van der Waals surface area (Å²) in [4.78, 5) is 0. The molecule has 1 aliphatic heterocycles. The van der Waals surface area contributed by atoms with Crippen molar-refractivity contribution < 1.29 is 8.42 Å². The Hall–Kier alpha value is -0.130. The van der Waals surface area contributed by atoms with E-state index in [9.17, 15) is 8.42 Å². The van der Waals surface area contributed by atoms with Crippen LogP contribution in [0.25, 0.3) is 0 Å². The van der Waals surface area contributed by atoms with Crippen LogP contribution in [0.1, 0.15) is 25.7 Å². The number of piperidine rings is 1. The second-order valence-corrected chi connectivity index (χ2v) is 6.19. The third-order valence-corrected chi connectivity index (χ3v) is 4.32. The van der Waals surface area contributed by atoms with Crippen LogP contribution < -0.4 is 5.32 Å². The van der Waals surface area contributed by atoms with Crippen molar-refractivity contribution in [2.75, 3.05) is 19.3 Å². The Morgan fingerprint density at radius 2 is 1.57 bits per heavy atom. The zero-order chi connectivity index (χ0) is 10.2. The quantitative estimate of drug-likeness (QED) is 0.734. The van der Waals surface area contributed by atoms with Crippen molar-refractivity contribution in [3.8, 4) is 0 Å². The predicted octanol–water partition coefficient (Wildman–Crippen LogP) is 0.162. The Morgan fingerprint density at radius 1 is 1.07 bits per heavy atom. The topological polar surface area (TPSA) is 49.4 Å².